The third-order valence-corrected chi connectivity index (χ3v) is 3.96. The Hall–Kier alpha value is -2.73. The predicted octanol–water partition coefficient (Wildman–Crippen LogP) is 3.17. The normalized spacial score (nSPS) is 10.2. The lowest BCUT2D eigenvalue weighted by Crippen LogP contribution is -2.30. The summed E-state index contributed by atoms with van der Waals surface area (Å²) in [7, 11) is 4.62. The molecule has 2 aromatic carbocycles. The van der Waals surface area contributed by atoms with Gasteiger partial charge in [-0.1, -0.05) is 23.7 Å². The molecule has 0 aliphatic carbocycles. The number of esters is 1. The zero-order valence-corrected chi connectivity index (χ0v) is 15.6. The molecule has 1 amide bonds. The summed E-state index contributed by atoms with van der Waals surface area (Å²) in [5, 5.41) is 0.631. The summed E-state index contributed by atoms with van der Waals surface area (Å²) in [6, 6.07) is 11.8. The van der Waals surface area contributed by atoms with Gasteiger partial charge in [-0.25, -0.2) is 4.79 Å². The third kappa shape index (κ3) is 5.13. The number of carbonyl (C=O) groups excluding carboxylic acids is 2. The Kier molecular flexibility index (Phi) is 6.86. The number of rotatable bonds is 7. The van der Waals surface area contributed by atoms with Gasteiger partial charge >= 0.3 is 5.97 Å². The molecule has 26 heavy (non-hydrogen) atoms. The van der Waals surface area contributed by atoms with E-state index in [-0.39, 0.29) is 18.1 Å². The molecular formula is C19H20ClNO5. The zero-order valence-electron chi connectivity index (χ0n) is 14.8. The Morgan fingerprint density at radius 2 is 1.65 bits per heavy atom. The van der Waals surface area contributed by atoms with Gasteiger partial charge in [0, 0.05) is 18.6 Å². The Balaban J connectivity index is 1.91. The first-order valence-electron chi connectivity index (χ1n) is 7.82. The van der Waals surface area contributed by atoms with Crippen molar-refractivity contribution in [2.24, 2.45) is 0 Å². The second kappa shape index (κ2) is 9.10. The van der Waals surface area contributed by atoms with Crippen molar-refractivity contribution in [2.45, 2.75) is 6.54 Å². The maximum Gasteiger partial charge on any atom is 0.338 e. The number of methoxy groups -OCH3 is 2. The summed E-state index contributed by atoms with van der Waals surface area (Å²) in [5.41, 5.74) is 1.20. The average molecular weight is 378 g/mol. The molecule has 0 saturated carbocycles. The van der Waals surface area contributed by atoms with Crippen molar-refractivity contribution in [2.75, 3.05) is 27.9 Å². The molecule has 0 spiro atoms. The van der Waals surface area contributed by atoms with Gasteiger partial charge in [0.05, 0.1) is 19.8 Å². The smallest absolute Gasteiger partial charge is 0.338 e. The number of amides is 1. The molecule has 0 saturated heterocycles. The minimum Gasteiger partial charge on any atom is -0.493 e. The van der Waals surface area contributed by atoms with Crippen LogP contribution in [0.2, 0.25) is 5.02 Å². The van der Waals surface area contributed by atoms with Crippen LogP contribution in [0, 0.1) is 0 Å². The number of likely N-dealkylation sites (N-methyl/N-ethyl adjacent to an activating group) is 1. The van der Waals surface area contributed by atoms with Crippen LogP contribution < -0.4 is 9.47 Å². The Morgan fingerprint density at radius 1 is 1.00 bits per heavy atom. The highest BCUT2D eigenvalue weighted by Crippen LogP contribution is 2.27. The van der Waals surface area contributed by atoms with Crippen LogP contribution in [0.1, 0.15) is 15.9 Å². The van der Waals surface area contributed by atoms with Crippen LogP contribution in [-0.2, 0) is 16.1 Å². The number of ether oxygens (including phenoxy) is 3. The first-order chi connectivity index (χ1) is 12.4. The van der Waals surface area contributed by atoms with E-state index in [0.717, 1.165) is 5.56 Å². The molecule has 0 aliphatic heterocycles. The van der Waals surface area contributed by atoms with Crippen molar-refractivity contribution in [1.82, 2.24) is 4.90 Å². The second-order valence-corrected chi connectivity index (χ2v) is 5.96. The Labute approximate surface area is 157 Å². The van der Waals surface area contributed by atoms with Crippen molar-refractivity contribution < 1.29 is 23.8 Å². The minimum absolute atomic E-state index is 0.274. The van der Waals surface area contributed by atoms with E-state index in [1.54, 1.807) is 31.3 Å². The van der Waals surface area contributed by atoms with Gasteiger partial charge in [0.15, 0.2) is 18.1 Å². The summed E-state index contributed by atoms with van der Waals surface area (Å²) >= 11 is 5.84. The van der Waals surface area contributed by atoms with Gasteiger partial charge in [-0.05, 0) is 35.9 Å². The summed E-state index contributed by atoms with van der Waals surface area (Å²) in [6.07, 6.45) is 0. The highest BCUT2D eigenvalue weighted by molar-refractivity contribution is 6.30. The van der Waals surface area contributed by atoms with Crippen LogP contribution >= 0.6 is 11.6 Å². The van der Waals surface area contributed by atoms with Gasteiger partial charge in [-0.3, -0.25) is 4.79 Å². The maximum absolute atomic E-state index is 12.2. The van der Waals surface area contributed by atoms with Crippen LogP contribution in [0.25, 0.3) is 0 Å². The molecule has 7 heteroatoms. The highest BCUT2D eigenvalue weighted by Gasteiger charge is 2.16. The van der Waals surface area contributed by atoms with Gasteiger partial charge < -0.3 is 19.1 Å². The maximum atomic E-state index is 12.2. The summed E-state index contributed by atoms with van der Waals surface area (Å²) in [6.45, 7) is 0.0428. The van der Waals surface area contributed by atoms with Gasteiger partial charge in [-0.2, -0.15) is 0 Å². The lowest BCUT2D eigenvalue weighted by molar-refractivity contribution is -0.133. The molecule has 138 valence electrons. The number of hydrogen-bond donors (Lipinski definition) is 0. The fourth-order valence-corrected chi connectivity index (χ4v) is 2.36. The second-order valence-electron chi connectivity index (χ2n) is 5.52. The van der Waals surface area contributed by atoms with Crippen molar-refractivity contribution >= 4 is 23.5 Å². The number of hydrogen-bond acceptors (Lipinski definition) is 5. The van der Waals surface area contributed by atoms with E-state index >= 15 is 0 Å². The molecule has 0 aliphatic rings. The lowest BCUT2D eigenvalue weighted by atomic mass is 10.2. The highest BCUT2D eigenvalue weighted by atomic mass is 35.5. The largest absolute Gasteiger partial charge is 0.493 e. The number of carbonyl (C=O) groups is 2. The first kappa shape index (κ1) is 19.6. The molecule has 2 rings (SSSR count). The van der Waals surface area contributed by atoms with Crippen LogP contribution in [0.3, 0.4) is 0 Å². The van der Waals surface area contributed by atoms with Gasteiger partial charge in [-0.15, -0.1) is 0 Å². The molecule has 0 radical (unpaired) electrons. The molecule has 2 aromatic rings. The van der Waals surface area contributed by atoms with E-state index in [0.29, 0.717) is 23.1 Å². The van der Waals surface area contributed by atoms with E-state index in [1.165, 1.54) is 25.2 Å². The number of nitrogens with zero attached hydrogens (tertiary/aromatic N) is 1. The average Bonchev–Trinajstić information content (AvgIpc) is 2.66. The van der Waals surface area contributed by atoms with E-state index in [1.807, 2.05) is 12.1 Å². The van der Waals surface area contributed by atoms with Crippen LogP contribution in [0.5, 0.6) is 11.5 Å². The number of benzene rings is 2. The van der Waals surface area contributed by atoms with E-state index in [2.05, 4.69) is 0 Å². The zero-order chi connectivity index (χ0) is 19.1. The molecule has 0 unspecified atom stereocenters. The van der Waals surface area contributed by atoms with Crippen LogP contribution in [0.4, 0.5) is 0 Å². The van der Waals surface area contributed by atoms with Crippen molar-refractivity contribution in [1.29, 1.82) is 0 Å². The van der Waals surface area contributed by atoms with Crippen LogP contribution in [0.15, 0.2) is 42.5 Å². The molecular weight excluding hydrogens is 358 g/mol. The van der Waals surface area contributed by atoms with E-state index in [4.69, 9.17) is 25.8 Å². The molecule has 0 bridgehead atoms. The minimum atomic E-state index is -0.612. The first-order valence-corrected chi connectivity index (χ1v) is 8.20. The van der Waals surface area contributed by atoms with Gasteiger partial charge in [0.1, 0.15) is 0 Å². The van der Waals surface area contributed by atoms with Crippen molar-refractivity contribution in [3.05, 3.63) is 58.6 Å². The van der Waals surface area contributed by atoms with E-state index in [9.17, 15) is 9.59 Å². The Bertz CT molecular complexity index is 776. The third-order valence-electron chi connectivity index (χ3n) is 3.70. The van der Waals surface area contributed by atoms with Gasteiger partial charge in [0.2, 0.25) is 0 Å². The molecule has 0 N–H and O–H groups in total. The van der Waals surface area contributed by atoms with E-state index < -0.39 is 5.97 Å². The number of halogens is 1. The fourth-order valence-electron chi connectivity index (χ4n) is 2.24. The standard InChI is InChI=1S/C19H20ClNO5/c1-21(11-13-4-7-15(20)8-5-13)18(22)12-26-19(23)14-6-9-16(24-2)17(10-14)25-3/h4-10H,11-12H2,1-3H3. The monoisotopic (exact) mass is 377 g/mol. The SMILES string of the molecule is COc1ccc(C(=O)OCC(=O)N(C)Cc2ccc(Cl)cc2)cc1OC. The quantitative estimate of drug-likeness (QED) is 0.693. The predicted molar refractivity (Wildman–Crippen MR) is 97.8 cm³/mol. The topological polar surface area (TPSA) is 65.1 Å². The van der Waals surface area contributed by atoms with Crippen LogP contribution in [-0.4, -0.2) is 44.7 Å². The molecule has 0 atom stereocenters. The fraction of sp³-hybridized carbons (Fsp3) is 0.263. The molecule has 0 fully saturated rings. The summed E-state index contributed by atoms with van der Waals surface area (Å²) in [5.74, 6) is -0.0103. The Morgan fingerprint density at radius 3 is 2.27 bits per heavy atom. The van der Waals surface area contributed by atoms with Crippen molar-refractivity contribution in [3.8, 4) is 11.5 Å². The summed E-state index contributed by atoms with van der Waals surface area (Å²) in [4.78, 5) is 25.8. The van der Waals surface area contributed by atoms with Gasteiger partial charge in [0.25, 0.3) is 5.91 Å². The molecule has 6 nitrogen and oxygen atoms in total. The van der Waals surface area contributed by atoms with Crippen molar-refractivity contribution in [3.63, 3.8) is 0 Å². The lowest BCUT2D eigenvalue weighted by Gasteiger charge is -2.17. The summed E-state index contributed by atoms with van der Waals surface area (Å²) < 4.78 is 15.4. The molecule has 0 aromatic heterocycles. The molecule has 0 heterocycles.